The monoisotopic (exact) mass is 645 g/mol. The summed E-state index contributed by atoms with van der Waals surface area (Å²) in [5.41, 5.74) is 2.00. The number of piperidine rings is 1. The highest BCUT2D eigenvalue weighted by molar-refractivity contribution is 5.95. The van der Waals surface area contributed by atoms with Crippen LogP contribution in [0.25, 0.3) is 10.9 Å². The Bertz CT molecular complexity index is 1580. The number of carboxylic acids is 1. The number of fused-ring (bicyclic) bond motifs is 1. The van der Waals surface area contributed by atoms with Crippen LogP contribution in [0.1, 0.15) is 48.2 Å². The molecule has 0 aliphatic carbocycles. The van der Waals surface area contributed by atoms with Gasteiger partial charge >= 0.3 is 12.1 Å². The lowest BCUT2D eigenvalue weighted by atomic mass is 10.0. The van der Waals surface area contributed by atoms with Crippen molar-refractivity contribution < 1.29 is 37.0 Å². The van der Waals surface area contributed by atoms with Crippen molar-refractivity contribution in [2.45, 2.75) is 57.0 Å². The smallest absolute Gasteiger partial charge is 0.406 e. The van der Waals surface area contributed by atoms with Gasteiger partial charge in [-0.3, -0.25) is 9.59 Å². The van der Waals surface area contributed by atoms with Gasteiger partial charge in [0.2, 0.25) is 0 Å². The highest BCUT2D eigenvalue weighted by Gasteiger charge is 2.31. The van der Waals surface area contributed by atoms with Crippen LogP contribution in [-0.4, -0.2) is 85.2 Å². The van der Waals surface area contributed by atoms with Gasteiger partial charge in [-0.15, -0.1) is 0 Å². The Kier molecular flexibility index (Phi) is 11.8. The third-order valence-electron chi connectivity index (χ3n) is 7.77. The van der Waals surface area contributed by atoms with Crippen LogP contribution in [0.4, 0.5) is 28.9 Å². The average Bonchev–Trinajstić information content (AvgIpc) is 3.34. The normalized spacial score (nSPS) is 16.8. The molecule has 0 radical (unpaired) electrons. The minimum atomic E-state index is -4.48. The largest absolute Gasteiger partial charge is 0.495 e. The fourth-order valence-electron chi connectivity index (χ4n) is 5.42. The molecule has 1 saturated heterocycles. The van der Waals surface area contributed by atoms with E-state index in [1.54, 1.807) is 42.5 Å². The fraction of sp³-hybridized carbons (Fsp3) is 0.455. The van der Waals surface area contributed by atoms with Gasteiger partial charge < -0.3 is 35.3 Å². The molecule has 0 unspecified atom stereocenters. The van der Waals surface area contributed by atoms with E-state index in [-0.39, 0.29) is 31.1 Å². The second kappa shape index (κ2) is 15.7. The molecule has 4 rings (SSSR count). The zero-order valence-corrected chi connectivity index (χ0v) is 25.8. The molecule has 2 aromatic carbocycles. The number of anilines is 2. The van der Waals surface area contributed by atoms with Crippen molar-refractivity contribution in [3.63, 3.8) is 0 Å². The van der Waals surface area contributed by atoms with Gasteiger partial charge in [-0.05, 0) is 68.6 Å². The molecule has 46 heavy (non-hydrogen) atoms. The number of carbonyl (C=O) groups is 2. The third-order valence-corrected chi connectivity index (χ3v) is 7.77. The molecule has 2 heterocycles. The first-order chi connectivity index (χ1) is 21.9. The molecule has 1 amide bonds. The van der Waals surface area contributed by atoms with Crippen LogP contribution < -0.4 is 20.7 Å². The van der Waals surface area contributed by atoms with E-state index in [0.717, 1.165) is 4.57 Å². The Morgan fingerprint density at radius 1 is 1.11 bits per heavy atom. The second-order valence-electron chi connectivity index (χ2n) is 11.3. The van der Waals surface area contributed by atoms with Crippen molar-refractivity contribution in [2.75, 3.05) is 51.0 Å². The van der Waals surface area contributed by atoms with E-state index in [4.69, 9.17) is 9.84 Å². The number of nitrogens with one attached hydrogen (secondary N) is 3. The van der Waals surface area contributed by atoms with Crippen LogP contribution in [0.5, 0.6) is 5.75 Å². The average molecular weight is 646 g/mol. The molecule has 1 aliphatic heterocycles. The molecule has 0 bridgehead atoms. The quantitative estimate of drug-likeness (QED) is 0.110. The summed E-state index contributed by atoms with van der Waals surface area (Å²) in [5.74, 6) is 4.98. The Labute approximate surface area is 265 Å². The number of unbranched alkanes of at least 4 members (excludes halogenated alkanes) is 2. The zero-order chi connectivity index (χ0) is 33.3. The van der Waals surface area contributed by atoms with E-state index < -0.39 is 30.9 Å². The molecular formula is C33H39F4N5O4. The van der Waals surface area contributed by atoms with Crippen LogP contribution >= 0.6 is 0 Å². The number of amides is 1. The number of aliphatic carboxylic acids is 1. The summed E-state index contributed by atoms with van der Waals surface area (Å²) in [6.45, 7) is 0.260. The third kappa shape index (κ3) is 9.53. The van der Waals surface area contributed by atoms with Crippen LogP contribution in [-0.2, 0) is 11.3 Å². The Balaban J connectivity index is 1.45. The first kappa shape index (κ1) is 34.4. The van der Waals surface area contributed by atoms with Gasteiger partial charge in [-0.2, -0.15) is 13.2 Å². The maximum atomic E-state index is 14.7. The van der Waals surface area contributed by atoms with Gasteiger partial charge in [0.15, 0.2) is 0 Å². The van der Waals surface area contributed by atoms with E-state index in [9.17, 15) is 27.2 Å². The van der Waals surface area contributed by atoms with Crippen LogP contribution in [0.3, 0.4) is 0 Å². The number of carbonyl (C=O) groups excluding carboxylic acids is 1. The summed E-state index contributed by atoms with van der Waals surface area (Å²) in [6.07, 6.45) is -3.04. The van der Waals surface area contributed by atoms with Crippen molar-refractivity contribution in [1.29, 1.82) is 0 Å². The summed E-state index contributed by atoms with van der Waals surface area (Å²) in [4.78, 5) is 25.0. The number of ether oxygens (including phenoxy) is 1. The lowest BCUT2D eigenvalue weighted by molar-refractivity contribution is -0.140. The number of hydrogen-bond acceptors (Lipinski definition) is 6. The van der Waals surface area contributed by atoms with Crippen LogP contribution in [0.2, 0.25) is 0 Å². The van der Waals surface area contributed by atoms with Crippen LogP contribution in [0, 0.1) is 11.8 Å². The molecule has 1 fully saturated rings. The van der Waals surface area contributed by atoms with Gasteiger partial charge in [0, 0.05) is 42.7 Å². The fourth-order valence-corrected chi connectivity index (χ4v) is 5.42. The Morgan fingerprint density at radius 3 is 2.63 bits per heavy atom. The molecule has 248 valence electrons. The predicted octanol–water partition coefficient (Wildman–Crippen LogP) is 5.50. The van der Waals surface area contributed by atoms with E-state index in [2.05, 4.69) is 27.8 Å². The van der Waals surface area contributed by atoms with E-state index in [1.165, 1.54) is 7.11 Å². The van der Waals surface area contributed by atoms with Crippen molar-refractivity contribution in [1.82, 2.24) is 14.8 Å². The molecule has 1 aromatic heterocycles. The maximum absolute atomic E-state index is 14.7. The first-order valence-corrected chi connectivity index (χ1v) is 15.1. The summed E-state index contributed by atoms with van der Waals surface area (Å²) in [7, 11) is 3.30. The number of benzene rings is 2. The van der Waals surface area contributed by atoms with Crippen molar-refractivity contribution in [3.8, 4) is 17.6 Å². The summed E-state index contributed by atoms with van der Waals surface area (Å²) < 4.78 is 62.1. The molecule has 1 aliphatic rings. The zero-order valence-electron chi connectivity index (χ0n) is 25.8. The molecule has 3 aromatic rings. The van der Waals surface area contributed by atoms with E-state index in [0.29, 0.717) is 72.4 Å². The number of likely N-dealkylation sites (tertiary alicyclic amines) is 1. The number of alkyl halides is 4. The number of hydrogen-bond donors (Lipinski definition) is 4. The van der Waals surface area contributed by atoms with Crippen LogP contribution in [0.15, 0.2) is 42.5 Å². The lowest BCUT2D eigenvalue weighted by Gasteiger charge is -2.33. The summed E-state index contributed by atoms with van der Waals surface area (Å²) in [5, 5.41) is 18.3. The minimum absolute atomic E-state index is 0.0794. The second-order valence-corrected chi connectivity index (χ2v) is 11.3. The number of methoxy groups -OCH3 is 1. The number of rotatable bonds is 13. The standard InChI is InChI=1S/C33H39F4N5O4/c1-41-17-14-27(25(34)20-41)40-26-9-6-10-29-24(26)19-23(42(29)21-33(35,36)37)8-7-16-38-28-13-12-22(18-30(28)46-2)32(45)39-15-5-3-4-11-31(43)44/h6,9-10,12-13,18-19,25,27,38,40H,3-5,11,14-17,20-21H2,1-2H3,(H,39,45)(H,43,44)/t25-,27+/m0/s1. The van der Waals surface area contributed by atoms with Crippen molar-refractivity contribution in [2.24, 2.45) is 0 Å². The predicted molar refractivity (Wildman–Crippen MR) is 169 cm³/mol. The molecule has 2 atom stereocenters. The Morgan fingerprint density at radius 2 is 1.91 bits per heavy atom. The molecular weight excluding hydrogens is 606 g/mol. The number of carboxylic acid groups (broad SMARTS) is 1. The van der Waals surface area contributed by atoms with E-state index in [1.807, 2.05) is 11.9 Å². The minimum Gasteiger partial charge on any atom is -0.495 e. The van der Waals surface area contributed by atoms with E-state index >= 15 is 0 Å². The van der Waals surface area contributed by atoms with Gasteiger partial charge in [-0.25, -0.2) is 4.39 Å². The number of halogens is 4. The summed E-state index contributed by atoms with van der Waals surface area (Å²) in [6, 6.07) is 11.0. The summed E-state index contributed by atoms with van der Waals surface area (Å²) >= 11 is 0. The van der Waals surface area contributed by atoms with Crippen molar-refractivity contribution in [3.05, 3.63) is 53.7 Å². The van der Waals surface area contributed by atoms with Gasteiger partial charge in [0.1, 0.15) is 18.5 Å². The van der Waals surface area contributed by atoms with Gasteiger partial charge in [0.25, 0.3) is 5.91 Å². The highest BCUT2D eigenvalue weighted by atomic mass is 19.4. The molecule has 0 saturated carbocycles. The number of nitrogens with zero attached hydrogens (tertiary/aromatic N) is 2. The SMILES string of the molecule is COc1cc(C(=O)NCCCCCC(=O)O)ccc1NCC#Cc1cc2c(N[C@@H]3CCN(C)C[C@@H]3F)cccc2n1CC(F)(F)F. The molecule has 13 heteroatoms. The van der Waals surface area contributed by atoms with Gasteiger partial charge in [0.05, 0.1) is 36.6 Å². The molecule has 4 N–H and O–H groups in total. The van der Waals surface area contributed by atoms with Crippen molar-refractivity contribution >= 4 is 34.2 Å². The number of aromatic nitrogens is 1. The maximum Gasteiger partial charge on any atom is 0.406 e. The lowest BCUT2D eigenvalue weighted by Crippen LogP contribution is -2.46. The first-order valence-electron chi connectivity index (χ1n) is 15.1. The molecule has 9 nitrogen and oxygen atoms in total. The molecule has 0 spiro atoms. The Hall–Kier alpha value is -4.44. The van der Waals surface area contributed by atoms with Gasteiger partial charge in [-0.1, -0.05) is 18.4 Å². The topological polar surface area (TPSA) is 108 Å². The highest BCUT2D eigenvalue weighted by Crippen LogP contribution is 2.32.